The van der Waals surface area contributed by atoms with Crippen LogP contribution in [0.4, 0.5) is 0 Å². The zero-order valence-corrected chi connectivity index (χ0v) is 18.8. The Hall–Kier alpha value is -3.13. The number of hydrogen-bond donors (Lipinski definition) is 0. The fourth-order valence-electron chi connectivity index (χ4n) is 4.34. The lowest BCUT2D eigenvalue weighted by Gasteiger charge is -2.19. The molecule has 4 aromatic rings. The van der Waals surface area contributed by atoms with Crippen molar-refractivity contribution in [1.82, 2.24) is 24.1 Å². The molecule has 1 fully saturated rings. The normalized spacial score (nSPS) is 14.7. The standard InChI is InChI=1S/C24H25N5O2S/c1-17-10-4-6-12-19(17)28-22(31)18-11-5-7-13-20(18)29-23(28)25-26-24(29)32-16-21(30)27-14-8-2-3-9-15-27/h4-7,10-13H,2-3,8-9,14-16H2,1H3. The van der Waals surface area contributed by atoms with Gasteiger partial charge in [-0.3, -0.25) is 14.0 Å². The van der Waals surface area contributed by atoms with Crippen LogP contribution in [-0.4, -0.2) is 48.8 Å². The molecular formula is C24H25N5O2S. The van der Waals surface area contributed by atoms with E-state index in [1.807, 2.05) is 64.8 Å². The third kappa shape index (κ3) is 3.68. The highest BCUT2D eigenvalue weighted by molar-refractivity contribution is 7.99. The largest absolute Gasteiger partial charge is 0.342 e. The number of likely N-dealkylation sites (tertiary alicyclic amines) is 1. The molecule has 5 rings (SSSR count). The third-order valence-corrected chi connectivity index (χ3v) is 6.95. The van der Waals surface area contributed by atoms with Crippen molar-refractivity contribution in [2.45, 2.75) is 37.8 Å². The second-order valence-electron chi connectivity index (χ2n) is 8.15. The van der Waals surface area contributed by atoms with Gasteiger partial charge in [0.25, 0.3) is 5.56 Å². The van der Waals surface area contributed by atoms with Crippen LogP contribution < -0.4 is 5.56 Å². The highest BCUT2D eigenvalue weighted by atomic mass is 32.2. The third-order valence-electron chi connectivity index (χ3n) is 6.03. The molecule has 164 valence electrons. The van der Waals surface area contributed by atoms with Crippen molar-refractivity contribution in [1.29, 1.82) is 0 Å². The Morgan fingerprint density at radius 3 is 2.47 bits per heavy atom. The molecule has 1 aliphatic rings. The van der Waals surface area contributed by atoms with Gasteiger partial charge in [-0.15, -0.1) is 10.2 Å². The van der Waals surface area contributed by atoms with Crippen LogP contribution in [0.5, 0.6) is 0 Å². The molecule has 0 bridgehead atoms. The lowest BCUT2D eigenvalue weighted by atomic mass is 10.2. The highest BCUT2D eigenvalue weighted by Crippen LogP contribution is 2.24. The summed E-state index contributed by atoms with van der Waals surface area (Å²) in [5.74, 6) is 0.886. The van der Waals surface area contributed by atoms with Crippen LogP contribution in [0.25, 0.3) is 22.4 Å². The molecule has 2 aromatic carbocycles. The molecule has 0 atom stereocenters. The molecule has 1 aliphatic heterocycles. The minimum absolute atomic E-state index is 0.130. The van der Waals surface area contributed by atoms with Crippen molar-refractivity contribution >= 4 is 34.3 Å². The fourth-order valence-corrected chi connectivity index (χ4v) is 5.18. The van der Waals surface area contributed by atoms with E-state index in [4.69, 9.17) is 0 Å². The Bertz CT molecular complexity index is 1350. The van der Waals surface area contributed by atoms with Crippen molar-refractivity contribution < 1.29 is 4.79 Å². The van der Waals surface area contributed by atoms with Gasteiger partial charge >= 0.3 is 0 Å². The molecule has 0 aliphatic carbocycles. The van der Waals surface area contributed by atoms with Crippen LogP contribution in [0, 0.1) is 6.92 Å². The number of carbonyl (C=O) groups excluding carboxylic acids is 1. The molecule has 0 unspecified atom stereocenters. The van der Waals surface area contributed by atoms with Gasteiger partial charge in [0.2, 0.25) is 11.7 Å². The van der Waals surface area contributed by atoms with E-state index >= 15 is 0 Å². The lowest BCUT2D eigenvalue weighted by molar-refractivity contribution is -0.128. The van der Waals surface area contributed by atoms with Crippen molar-refractivity contribution in [3.05, 3.63) is 64.4 Å². The number of aromatic nitrogens is 4. The van der Waals surface area contributed by atoms with Gasteiger partial charge in [0.1, 0.15) is 0 Å². The SMILES string of the molecule is Cc1ccccc1-n1c(=O)c2ccccc2n2c(SCC(=O)N3CCCCCC3)nnc12. The van der Waals surface area contributed by atoms with E-state index in [0.717, 1.165) is 42.7 Å². The Balaban J connectivity index is 1.59. The van der Waals surface area contributed by atoms with Gasteiger partial charge in [-0.1, -0.05) is 54.9 Å². The van der Waals surface area contributed by atoms with Gasteiger partial charge < -0.3 is 4.90 Å². The van der Waals surface area contributed by atoms with Crippen molar-refractivity contribution in [2.75, 3.05) is 18.8 Å². The maximum absolute atomic E-state index is 13.4. The lowest BCUT2D eigenvalue weighted by Crippen LogP contribution is -2.33. The summed E-state index contributed by atoms with van der Waals surface area (Å²) in [6, 6.07) is 15.2. The predicted molar refractivity (Wildman–Crippen MR) is 127 cm³/mol. The second-order valence-corrected chi connectivity index (χ2v) is 9.09. The first-order valence-corrected chi connectivity index (χ1v) is 12.0. The summed E-state index contributed by atoms with van der Waals surface area (Å²) in [7, 11) is 0. The molecule has 0 N–H and O–H groups in total. The molecule has 0 radical (unpaired) electrons. The van der Waals surface area contributed by atoms with Gasteiger partial charge in [-0.05, 0) is 43.5 Å². The average molecular weight is 448 g/mol. The molecule has 32 heavy (non-hydrogen) atoms. The maximum atomic E-state index is 13.4. The van der Waals surface area contributed by atoms with Crippen LogP contribution in [-0.2, 0) is 4.79 Å². The Kier molecular flexibility index (Phi) is 5.70. The number of thioether (sulfide) groups is 1. The van der Waals surface area contributed by atoms with Crippen LogP contribution >= 0.6 is 11.8 Å². The minimum atomic E-state index is -0.132. The molecule has 7 nitrogen and oxygen atoms in total. The number of benzene rings is 2. The summed E-state index contributed by atoms with van der Waals surface area (Å²) < 4.78 is 3.51. The summed E-state index contributed by atoms with van der Waals surface area (Å²) in [4.78, 5) is 28.2. The monoisotopic (exact) mass is 447 g/mol. The Morgan fingerprint density at radius 2 is 1.69 bits per heavy atom. The van der Waals surface area contributed by atoms with E-state index in [9.17, 15) is 9.59 Å². The second kappa shape index (κ2) is 8.78. The molecule has 1 saturated heterocycles. The van der Waals surface area contributed by atoms with Crippen molar-refractivity contribution in [2.24, 2.45) is 0 Å². The first kappa shape index (κ1) is 20.8. The van der Waals surface area contributed by atoms with E-state index in [2.05, 4.69) is 10.2 Å². The van der Waals surface area contributed by atoms with E-state index in [1.54, 1.807) is 4.57 Å². The number of amides is 1. The number of hydrogen-bond acceptors (Lipinski definition) is 5. The van der Waals surface area contributed by atoms with Crippen LogP contribution in [0.15, 0.2) is 58.5 Å². The Labute approximate surface area is 190 Å². The van der Waals surface area contributed by atoms with Gasteiger partial charge in [0.05, 0.1) is 22.3 Å². The van der Waals surface area contributed by atoms with Crippen LogP contribution in [0.1, 0.15) is 31.2 Å². The summed E-state index contributed by atoms with van der Waals surface area (Å²) in [6.45, 7) is 3.63. The predicted octanol–water partition coefficient (Wildman–Crippen LogP) is 3.84. The van der Waals surface area contributed by atoms with Crippen LogP contribution in [0.3, 0.4) is 0 Å². The van der Waals surface area contributed by atoms with Gasteiger partial charge in [-0.2, -0.15) is 0 Å². The molecule has 8 heteroatoms. The maximum Gasteiger partial charge on any atom is 0.267 e. The van der Waals surface area contributed by atoms with E-state index in [1.165, 1.54) is 24.6 Å². The number of nitrogens with zero attached hydrogens (tertiary/aromatic N) is 5. The number of aryl methyl sites for hydroxylation is 1. The van der Waals surface area contributed by atoms with Gasteiger partial charge in [-0.25, -0.2) is 4.57 Å². The zero-order chi connectivity index (χ0) is 22.1. The van der Waals surface area contributed by atoms with E-state index in [-0.39, 0.29) is 11.5 Å². The van der Waals surface area contributed by atoms with Crippen molar-refractivity contribution in [3.63, 3.8) is 0 Å². The minimum Gasteiger partial charge on any atom is -0.342 e. The topological polar surface area (TPSA) is 72.5 Å². The summed E-state index contributed by atoms with van der Waals surface area (Å²) in [6.07, 6.45) is 4.51. The number of para-hydroxylation sites is 2. The molecule has 0 spiro atoms. The highest BCUT2D eigenvalue weighted by Gasteiger charge is 2.21. The summed E-state index contributed by atoms with van der Waals surface area (Å²) in [5.41, 5.74) is 2.36. The van der Waals surface area contributed by atoms with Crippen molar-refractivity contribution in [3.8, 4) is 5.69 Å². The first-order valence-electron chi connectivity index (χ1n) is 11.0. The molecule has 2 aromatic heterocycles. The Morgan fingerprint density at radius 1 is 0.969 bits per heavy atom. The number of carbonyl (C=O) groups is 1. The first-order chi connectivity index (χ1) is 15.6. The summed E-state index contributed by atoms with van der Waals surface area (Å²) >= 11 is 1.38. The fraction of sp³-hybridized carbons (Fsp3) is 0.333. The molecule has 1 amide bonds. The molecule has 0 saturated carbocycles. The number of rotatable bonds is 4. The summed E-state index contributed by atoms with van der Waals surface area (Å²) in [5, 5.41) is 9.97. The van der Waals surface area contributed by atoms with Crippen LogP contribution in [0.2, 0.25) is 0 Å². The van der Waals surface area contributed by atoms with Gasteiger partial charge in [0.15, 0.2) is 5.16 Å². The van der Waals surface area contributed by atoms with Gasteiger partial charge in [0, 0.05) is 13.1 Å². The van der Waals surface area contributed by atoms with E-state index in [0.29, 0.717) is 22.1 Å². The zero-order valence-electron chi connectivity index (χ0n) is 18.0. The average Bonchev–Trinajstić information content (AvgIpc) is 3.03. The molecular weight excluding hydrogens is 422 g/mol. The molecule has 3 heterocycles. The quantitative estimate of drug-likeness (QED) is 0.445. The number of fused-ring (bicyclic) bond motifs is 3. The smallest absolute Gasteiger partial charge is 0.267 e. The van der Waals surface area contributed by atoms with E-state index < -0.39 is 0 Å².